The Balaban J connectivity index is 1.45. The summed E-state index contributed by atoms with van der Waals surface area (Å²) in [6, 6.07) is 12.1. The van der Waals surface area contributed by atoms with Gasteiger partial charge in [-0.3, -0.25) is 5.10 Å². The fourth-order valence-electron chi connectivity index (χ4n) is 3.37. The molecule has 0 amide bonds. The van der Waals surface area contributed by atoms with Crippen LogP contribution in [0.25, 0.3) is 11.4 Å². The van der Waals surface area contributed by atoms with Gasteiger partial charge in [-0.05, 0) is 32.8 Å². The zero-order valence-corrected chi connectivity index (χ0v) is 14.6. The Kier molecular flexibility index (Phi) is 4.17. The number of hydrogen-bond acceptors (Lipinski definition) is 5. The summed E-state index contributed by atoms with van der Waals surface area (Å²) in [5.41, 5.74) is 3.09. The van der Waals surface area contributed by atoms with E-state index in [1.54, 1.807) is 0 Å². The lowest BCUT2D eigenvalue weighted by atomic mass is 9.96. The van der Waals surface area contributed by atoms with Crippen molar-refractivity contribution in [1.29, 1.82) is 0 Å². The molecule has 3 aromatic rings. The highest BCUT2D eigenvalue weighted by Crippen LogP contribution is 2.28. The Labute approximate surface area is 147 Å². The van der Waals surface area contributed by atoms with Gasteiger partial charge in [0.2, 0.25) is 5.95 Å². The number of nitrogens with one attached hydrogen (secondary N) is 1. The first-order valence-electron chi connectivity index (χ1n) is 8.74. The predicted molar refractivity (Wildman–Crippen MR) is 97.5 cm³/mol. The fourth-order valence-corrected chi connectivity index (χ4v) is 3.37. The van der Waals surface area contributed by atoms with Crippen molar-refractivity contribution in [1.82, 2.24) is 25.1 Å². The van der Waals surface area contributed by atoms with Gasteiger partial charge in [0.25, 0.3) is 0 Å². The van der Waals surface area contributed by atoms with Crippen LogP contribution in [0.1, 0.15) is 36.0 Å². The molecule has 1 aromatic carbocycles. The maximum absolute atomic E-state index is 4.71. The lowest BCUT2D eigenvalue weighted by molar-refractivity contribution is 0.481. The second-order valence-corrected chi connectivity index (χ2v) is 6.62. The van der Waals surface area contributed by atoms with E-state index in [0.717, 1.165) is 60.5 Å². The topological polar surface area (TPSA) is 70.6 Å². The number of rotatable bonds is 3. The first-order valence-corrected chi connectivity index (χ1v) is 8.74. The largest absolute Gasteiger partial charge is 0.341 e. The Hall–Kier alpha value is -2.76. The highest BCUT2D eigenvalue weighted by molar-refractivity contribution is 5.54. The van der Waals surface area contributed by atoms with Crippen molar-refractivity contribution in [3.8, 4) is 11.4 Å². The highest BCUT2D eigenvalue weighted by atomic mass is 15.3. The van der Waals surface area contributed by atoms with Crippen LogP contribution in [-0.4, -0.2) is 38.2 Å². The molecule has 1 N–H and O–H groups in total. The average Bonchev–Trinajstić information content (AvgIpc) is 3.12. The van der Waals surface area contributed by atoms with Crippen molar-refractivity contribution in [2.75, 3.05) is 18.0 Å². The molecule has 4 rings (SSSR count). The van der Waals surface area contributed by atoms with Gasteiger partial charge in [-0.15, -0.1) is 0 Å². The minimum absolute atomic E-state index is 0.409. The molecule has 1 saturated heterocycles. The lowest BCUT2D eigenvalue weighted by Gasteiger charge is -2.31. The maximum Gasteiger partial charge on any atom is 0.225 e. The molecule has 1 fully saturated rings. The summed E-state index contributed by atoms with van der Waals surface area (Å²) in [5.74, 6) is 3.01. The van der Waals surface area contributed by atoms with E-state index in [2.05, 4.69) is 25.1 Å². The van der Waals surface area contributed by atoms with Gasteiger partial charge in [0, 0.05) is 36.0 Å². The Morgan fingerprint density at radius 2 is 1.64 bits per heavy atom. The molecule has 25 heavy (non-hydrogen) atoms. The molecule has 0 atom stereocenters. The SMILES string of the molecule is Cc1cc(C)nc(N2CCC(c3nc(-c4ccccc4)n[nH]3)CC2)n1. The van der Waals surface area contributed by atoms with Crippen LogP contribution in [0, 0.1) is 13.8 Å². The van der Waals surface area contributed by atoms with Crippen LogP contribution in [0.5, 0.6) is 0 Å². The van der Waals surface area contributed by atoms with Gasteiger partial charge in [0.05, 0.1) is 0 Å². The summed E-state index contributed by atoms with van der Waals surface area (Å²) in [6.07, 6.45) is 2.06. The number of nitrogens with zero attached hydrogens (tertiary/aromatic N) is 5. The Morgan fingerprint density at radius 1 is 0.960 bits per heavy atom. The van der Waals surface area contributed by atoms with Crippen molar-refractivity contribution in [3.63, 3.8) is 0 Å². The number of aryl methyl sites for hydroxylation is 2. The van der Waals surface area contributed by atoms with Crippen LogP contribution >= 0.6 is 0 Å². The van der Waals surface area contributed by atoms with Crippen LogP contribution in [0.15, 0.2) is 36.4 Å². The minimum atomic E-state index is 0.409. The van der Waals surface area contributed by atoms with E-state index in [1.807, 2.05) is 50.2 Å². The first kappa shape index (κ1) is 15.7. The van der Waals surface area contributed by atoms with Gasteiger partial charge in [-0.1, -0.05) is 30.3 Å². The molecular formula is C19H22N6. The van der Waals surface area contributed by atoms with Crippen molar-refractivity contribution in [2.24, 2.45) is 0 Å². The molecule has 0 aliphatic carbocycles. The number of H-pyrrole nitrogens is 1. The normalized spacial score (nSPS) is 15.5. The van der Waals surface area contributed by atoms with E-state index in [0.29, 0.717) is 5.92 Å². The van der Waals surface area contributed by atoms with E-state index < -0.39 is 0 Å². The van der Waals surface area contributed by atoms with E-state index >= 15 is 0 Å². The zero-order chi connectivity index (χ0) is 17.2. The molecule has 0 spiro atoms. The molecule has 6 heteroatoms. The van der Waals surface area contributed by atoms with Crippen molar-refractivity contribution in [2.45, 2.75) is 32.6 Å². The van der Waals surface area contributed by atoms with Crippen LogP contribution < -0.4 is 4.90 Å². The number of hydrogen-bond donors (Lipinski definition) is 1. The molecule has 0 saturated carbocycles. The predicted octanol–water partition coefficient (Wildman–Crippen LogP) is 3.26. The fraction of sp³-hybridized carbons (Fsp3) is 0.368. The van der Waals surface area contributed by atoms with Crippen LogP contribution in [0.4, 0.5) is 5.95 Å². The number of aromatic nitrogens is 5. The lowest BCUT2D eigenvalue weighted by Crippen LogP contribution is -2.34. The second-order valence-electron chi connectivity index (χ2n) is 6.62. The molecule has 0 unspecified atom stereocenters. The first-order chi connectivity index (χ1) is 12.2. The molecule has 1 aliphatic rings. The van der Waals surface area contributed by atoms with Crippen molar-refractivity contribution < 1.29 is 0 Å². The summed E-state index contributed by atoms with van der Waals surface area (Å²) >= 11 is 0. The molecule has 2 aromatic heterocycles. The van der Waals surface area contributed by atoms with Crippen molar-refractivity contribution >= 4 is 5.95 Å². The van der Waals surface area contributed by atoms with Crippen LogP contribution in [0.2, 0.25) is 0 Å². The quantitative estimate of drug-likeness (QED) is 0.796. The van der Waals surface area contributed by atoms with Gasteiger partial charge >= 0.3 is 0 Å². The smallest absolute Gasteiger partial charge is 0.225 e. The molecule has 0 bridgehead atoms. The third kappa shape index (κ3) is 3.38. The standard InChI is InChI=1S/C19H22N6/c1-13-12-14(2)21-19(20-13)25-10-8-16(9-11-25)18-22-17(23-24-18)15-6-4-3-5-7-15/h3-7,12,16H,8-11H2,1-2H3,(H,22,23,24). The third-order valence-electron chi connectivity index (χ3n) is 4.67. The van der Waals surface area contributed by atoms with Gasteiger partial charge in [0.15, 0.2) is 5.82 Å². The van der Waals surface area contributed by atoms with Crippen molar-refractivity contribution in [3.05, 3.63) is 53.6 Å². The summed E-state index contributed by atoms with van der Waals surface area (Å²) in [6.45, 7) is 5.92. The molecule has 1 aliphatic heterocycles. The third-order valence-corrected chi connectivity index (χ3v) is 4.67. The molecular weight excluding hydrogens is 312 g/mol. The zero-order valence-electron chi connectivity index (χ0n) is 14.6. The number of anilines is 1. The van der Waals surface area contributed by atoms with Gasteiger partial charge < -0.3 is 4.90 Å². The average molecular weight is 334 g/mol. The van der Waals surface area contributed by atoms with E-state index in [1.165, 1.54) is 0 Å². The summed E-state index contributed by atoms with van der Waals surface area (Å²) in [7, 11) is 0. The van der Waals surface area contributed by atoms with E-state index in [-0.39, 0.29) is 0 Å². The van der Waals surface area contributed by atoms with E-state index in [9.17, 15) is 0 Å². The van der Waals surface area contributed by atoms with Crippen LogP contribution in [-0.2, 0) is 0 Å². The molecule has 3 heterocycles. The summed E-state index contributed by atoms with van der Waals surface area (Å²) in [5, 5.41) is 7.52. The summed E-state index contributed by atoms with van der Waals surface area (Å²) < 4.78 is 0. The van der Waals surface area contributed by atoms with Gasteiger partial charge in [-0.25, -0.2) is 15.0 Å². The number of aromatic amines is 1. The summed E-state index contributed by atoms with van der Waals surface area (Å²) in [4.78, 5) is 16.1. The monoisotopic (exact) mass is 334 g/mol. The Bertz CT molecular complexity index is 829. The maximum atomic E-state index is 4.71. The highest BCUT2D eigenvalue weighted by Gasteiger charge is 2.25. The van der Waals surface area contributed by atoms with Crippen LogP contribution in [0.3, 0.4) is 0 Å². The second kappa shape index (κ2) is 6.63. The molecule has 128 valence electrons. The molecule has 0 radical (unpaired) electrons. The number of benzene rings is 1. The molecule has 6 nitrogen and oxygen atoms in total. The van der Waals surface area contributed by atoms with Gasteiger partial charge in [-0.2, -0.15) is 5.10 Å². The minimum Gasteiger partial charge on any atom is -0.341 e. The number of piperidine rings is 1. The Morgan fingerprint density at radius 3 is 2.32 bits per heavy atom. The van der Waals surface area contributed by atoms with Gasteiger partial charge in [0.1, 0.15) is 5.82 Å². The van der Waals surface area contributed by atoms with E-state index in [4.69, 9.17) is 4.98 Å².